The molecule has 2 aromatic rings. The number of hydrogen-bond donors (Lipinski definition) is 2. The van der Waals surface area contributed by atoms with Crippen molar-refractivity contribution in [1.82, 2.24) is 15.0 Å². The molecule has 21 heavy (non-hydrogen) atoms. The van der Waals surface area contributed by atoms with Crippen molar-refractivity contribution in [1.29, 1.82) is 0 Å². The summed E-state index contributed by atoms with van der Waals surface area (Å²) in [6, 6.07) is 4.69. The Morgan fingerprint density at radius 1 is 1.33 bits per heavy atom. The molecule has 0 radical (unpaired) electrons. The lowest BCUT2D eigenvalue weighted by Crippen LogP contribution is -2.23. The Morgan fingerprint density at radius 2 is 2.10 bits per heavy atom. The molecule has 0 atom stereocenters. The summed E-state index contributed by atoms with van der Waals surface area (Å²) in [6.45, 7) is 2.60. The van der Waals surface area contributed by atoms with Crippen LogP contribution in [0.1, 0.15) is 16.1 Å². The summed E-state index contributed by atoms with van der Waals surface area (Å²) in [5.74, 6) is 0. The zero-order valence-corrected chi connectivity index (χ0v) is 14.1. The van der Waals surface area contributed by atoms with Crippen molar-refractivity contribution in [2.45, 2.75) is 24.9 Å². The van der Waals surface area contributed by atoms with Crippen LogP contribution >= 0.6 is 22.9 Å². The maximum Gasteiger partial charge on any atom is 0.240 e. The van der Waals surface area contributed by atoms with E-state index in [0.717, 1.165) is 16.1 Å². The fraction of sp³-hybridized carbons (Fsp3) is 0.308. The number of aryl methyl sites for hydroxylation is 1. The molecule has 0 saturated carbocycles. The molecule has 0 spiro atoms. The van der Waals surface area contributed by atoms with Crippen molar-refractivity contribution in [3.05, 3.63) is 44.9 Å². The quantitative estimate of drug-likeness (QED) is 0.842. The lowest BCUT2D eigenvalue weighted by Gasteiger charge is -2.09. The molecule has 1 aromatic carbocycles. The lowest BCUT2D eigenvalue weighted by molar-refractivity contribution is 0.581. The summed E-state index contributed by atoms with van der Waals surface area (Å²) in [6.07, 6.45) is 0. The first-order valence-electron chi connectivity index (χ1n) is 6.25. The third-order valence-electron chi connectivity index (χ3n) is 2.96. The van der Waals surface area contributed by atoms with Gasteiger partial charge in [-0.1, -0.05) is 11.6 Å². The Labute approximate surface area is 133 Å². The van der Waals surface area contributed by atoms with Gasteiger partial charge in [0.1, 0.15) is 0 Å². The van der Waals surface area contributed by atoms with Gasteiger partial charge in [-0.25, -0.2) is 18.1 Å². The molecule has 1 aromatic heterocycles. The van der Waals surface area contributed by atoms with Crippen LogP contribution in [0.25, 0.3) is 0 Å². The number of hydrogen-bond acceptors (Lipinski definition) is 5. The predicted molar refractivity (Wildman–Crippen MR) is 85.1 cm³/mol. The summed E-state index contributed by atoms with van der Waals surface area (Å²) in [4.78, 5) is 5.21. The molecular formula is C13H16ClN3O2S2. The first kappa shape index (κ1) is 16.4. The van der Waals surface area contributed by atoms with Gasteiger partial charge < -0.3 is 5.32 Å². The van der Waals surface area contributed by atoms with E-state index < -0.39 is 10.0 Å². The van der Waals surface area contributed by atoms with Gasteiger partial charge in [-0.05, 0) is 37.7 Å². The van der Waals surface area contributed by atoms with Gasteiger partial charge in [0, 0.05) is 23.0 Å². The van der Waals surface area contributed by atoms with E-state index in [0.29, 0.717) is 11.6 Å². The van der Waals surface area contributed by atoms with Crippen LogP contribution in [0.4, 0.5) is 0 Å². The molecule has 2 N–H and O–H groups in total. The summed E-state index contributed by atoms with van der Waals surface area (Å²) >= 11 is 7.47. The number of thiazole rings is 1. The van der Waals surface area contributed by atoms with Crippen molar-refractivity contribution in [2.75, 3.05) is 7.05 Å². The Bertz CT molecular complexity index is 729. The average molecular weight is 346 g/mol. The van der Waals surface area contributed by atoms with Gasteiger partial charge in [-0.15, -0.1) is 11.3 Å². The van der Waals surface area contributed by atoms with Crippen LogP contribution in [0.15, 0.2) is 28.6 Å². The van der Waals surface area contributed by atoms with Gasteiger partial charge in [0.15, 0.2) is 0 Å². The van der Waals surface area contributed by atoms with E-state index >= 15 is 0 Å². The van der Waals surface area contributed by atoms with Gasteiger partial charge >= 0.3 is 0 Å². The molecule has 0 bridgehead atoms. The highest BCUT2D eigenvalue weighted by atomic mass is 35.5. The molecule has 5 nitrogen and oxygen atoms in total. The predicted octanol–water partition coefficient (Wildman–Crippen LogP) is 2.30. The second-order valence-corrected chi connectivity index (χ2v) is 7.58. The Balaban J connectivity index is 2.19. The van der Waals surface area contributed by atoms with Crippen LogP contribution in [0.2, 0.25) is 5.02 Å². The van der Waals surface area contributed by atoms with E-state index in [1.165, 1.54) is 17.4 Å². The van der Waals surface area contributed by atoms with Gasteiger partial charge in [-0.3, -0.25) is 0 Å². The van der Waals surface area contributed by atoms with Crippen molar-refractivity contribution < 1.29 is 8.42 Å². The van der Waals surface area contributed by atoms with Crippen LogP contribution in [-0.4, -0.2) is 20.4 Å². The van der Waals surface area contributed by atoms with E-state index in [1.54, 1.807) is 24.7 Å². The van der Waals surface area contributed by atoms with Gasteiger partial charge in [0.2, 0.25) is 10.0 Å². The monoisotopic (exact) mass is 345 g/mol. The number of nitrogens with one attached hydrogen (secondary N) is 2. The van der Waals surface area contributed by atoms with Crippen molar-refractivity contribution in [3.8, 4) is 0 Å². The maximum atomic E-state index is 12.3. The minimum absolute atomic E-state index is 0.208. The smallest absolute Gasteiger partial charge is 0.240 e. The van der Waals surface area contributed by atoms with E-state index in [4.69, 9.17) is 11.6 Å². The Morgan fingerprint density at radius 3 is 2.71 bits per heavy atom. The number of benzene rings is 1. The zero-order valence-electron chi connectivity index (χ0n) is 11.7. The third-order valence-corrected chi connectivity index (χ3v) is 5.67. The molecular weight excluding hydrogens is 330 g/mol. The standard InChI is InChI=1S/C13H16ClN3O2S2/c1-9-13(20-8-16-9)7-17-21(18,19)11-3-4-12(14)10(5-11)6-15-2/h3-5,8,15,17H,6-7H2,1-2H3. The van der Waals surface area contributed by atoms with Gasteiger partial charge in [-0.2, -0.15) is 0 Å². The van der Waals surface area contributed by atoms with Gasteiger partial charge in [0.05, 0.1) is 16.1 Å². The summed E-state index contributed by atoms with van der Waals surface area (Å²) in [5.41, 5.74) is 3.29. The highest BCUT2D eigenvalue weighted by Crippen LogP contribution is 2.21. The number of halogens is 1. The molecule has 114 valence electrons. The topological polar surface area (TPSA) is 71.1 Å². The number of aromatic nitrogens is 1. The molecule has 0 aliphatic rings. The minimum atomic E-state index is -3.57. The molecule has 0 unspecified atom stereocenters. The van der Waals surface area contributed by atoms with E-state index in [1.807, 2.05) is 6.92 Å². The Kier molecular flexibility index (Phi) is 5.34. The maximum absolute atomic E-state index is 12.3. The minimum Gasteiger partial charge on any atom is -0.316 e. The molecule has 8 heteroatoms. The average Bonchev–Trinajstić information content (AvgIpc) is 2.85. The highest BCUT2D eigenvalue weighted by molar-refractivity contribution is 7.89. The molecule has 0 fully saturated rings. The van der Waals surface area contributed by atoms with E-state index in [-0.39, 0.29) is 11.4 Å². The molecule has 0 aliphatic heterocycles. The van der Waals surface area contributed by atoms with Crippen LogP contribution < -0.4 is 10.0 Å². The molecule has 0 amide bonds. The summed E-state index contributed by atoms with van der Waals surface area (Å²) < 4.78 is 27.2. The number of nitrogens with zero attached hydrogens (tertiary/aromatic N) is 1. The molecule has 0 aliphatic carbocycles. The van der Waals surface area contributed by atoms with Crippen LogP contribution in [-0.2, 0) is 23.1 Å². The van der Waals surface area contributed by atoms with Crippen molar-refractivity contribution >= 4 is 33.0 Å². The molecule has 0 saturated heterocycles. The molecule has 2 rings (SSSR count). The Hall–Kier alpha value is -0.990. The van der Waals surface area contributed by atoms with Crippen molar-refractivity contribution in [2.24, 2.45) is 0 Å². The summed E-state index contributed by atoms with van der Waals surface area (Å²) in [5, 5.41) is 3.50. The lowest BCUT2D eigenvalue weighted by atomic mass is 10.2. The van der Waals surface area contributed by atoms with Gasteiger partial charge in [0.25, 0.3) is 0 Å². The molecule has 1 heterocycles. The normalized spacial score (nSPS) is 11.8. The fourth-order valence-electron chi connectivity index (χ4n) is 1.78. The first-order chi connectivity index (χ1) is 9.94. The number of sulfonamides is 1. The van der Waals surface area contributed by atoms with Crippen LogP contribution in [0.5, 0.6) is 0 Å². The van der Waals surface area contributed by atoms with Crippen LogP contribution in [0, 0.1) is 6.92 Å². The second kappa shape index (κ2) is 6.85. The first-order valence-corrected chi connectivity index (χ1v) is 9.00. The summed E-state index contributed by atoms with van der Waals surface area (Å²) in [7, 11) is -1.79. The van der Waals surface area contributed by atoms with Crippen molar-refractivity contribution in [3.63, 3.8) is 0 Å². The SMILES string of the molecule is CNCc1cc(S(=O)(=O)NCc2scnc2C)ccc1Cl. The fourth-order valence-corrected chi connectivity index (χ4v) is 3.82. The highest BCUT2D eigenvalue weighted by Gasteiger charge is 2.16. The third kappa shape index (κ3) is 4.02. The van der Waals surface area contributed by atoms with E-state index in [9.17, 15) is 8.42 Å². The number of rotatable bonds is 6. The van der Waals surface area contributed by atoms with Crippen LogP contribution in [0.3, 0.4) is 0 Å². The largest absolute Gasteiger partial charge is 0.316 e. The van der Waals surface area contributed by atoms with E-state index in [2.05, 4.69) is 15.0 Å². The second-order valence-electron chi connectivity index (χ2n) is 4.47. The zero-order chi connectivity index (χ0) is 15.5.